The van der Waals surface area contributed by atoms with Crippen molar-refractivity contribution in [1.82, 2.24) is 87.6 Å². The molecule has 34 heteroatoms. The number of benzene rings is 6. The molecule has 6 aliphatic heterocycles. The average molecular weight is 1660 g/mol. The molecular formula is C87H109N17O17. The van der Waals surface area contributed by atoms with Gasteiger partial charge in [0.25, 0.3) is 0 Å². The quantitative estimate of drug-likeness (QED) is 0.0491. The number of fused-ring (bicyclic) bond motifs is 2. The van der Waals surface area contributed by atoms with E-state index in [9.17, 15) is 49.2 Å². The largest absolute Gasteiger partial charge is 0.487 e. The lowest BCUT2D eigenvalue weighted by Gasteiger charge is -2.36. The van der Waals surface area contributed by atoms with Crippen molar-refractivity contribution in [3.63, 3.8) is 0 Å². The van der Waals surface area contributed by atoms with Crippen molar-refractivity contribution in [2.45, 2.75) is 211 Å². The summed E-state index contributed by atoms with van der Waals surface area (Å²) < 4.78 is 15.5. The first kappa shape index (κ1) is 89.5. The number of amides is 9. The lowest BCUT2D eigenvalue weighted by molar-refractivity contribution is -0.145. The van der Waals surface area contributed by atoms with Crippen molar-refractivity contribution in [2.75, 3.05) is 33.7 Å². The van der Waals surface area contributed by atoms with E-state index in [2.05, 4.69) is 68.5 Å². The van der Waals surface area contributed by atoms with Crippen LogP contribution in [0.2, 0.25) is 0 Å². The summed E-state index contributed by atoms with van der Waals surface area (Å²) >= 11 is 0. The van der Waals surface area contributed by atoms with Crippen LogP contribution in [0.3, 0.4) is 0 Å². The van der Waals surface area contributed by atoms with Gasteiger partial charge in [0.05, 0.1) is 55.2 Å². The Hall–Kier alpha value is -12.3. The minimum Gasteiger partial charge on any atom is -0.487 e. The molecule has 8 heterocycles. The smallest absolute Gasteiger partial charge is 0.326 e. The van der Waals surface area contributed by atoms with E-state index in [1.54, 1.807) is 136 Å². The predicted octanol–water partition coefficient (Wildman–Crippen LogP) is 3.30. The van der Waals surface area contributed by atoms with Crippen LogP contribution in [-0.2, 0) is 91.6 Å². The number of nitrogens with zero attached hydrogens (tertiary/aromatic N) is 8. The predicted molar refractivity (Wildman–Crippen MR) is 444 cm³/mol. The molecule has 14 atom stereocenters. The van der Waals surface area contributed by atoms with Crippen LogP contribution in [0.25, 0.3) is 21.5 Å². The van der Waals surface area contributed by atoms with Crippen LogP contribution in [0.1, 0.15) is 133 Å². The van der Waals surface area contributed by atoms with E-state index in [0.717, 1.165) is 21.5 Å². The molecule has 9 amide bonds. The number of ether oxygens (including phenoxy) is 2. The van der Waals surface area contributed by atoms with Crippen molar-refractivity contribution in [2.24, 2.45) is 10.8 Å². The van der Waals surface area contributed by atoms with Gasteiger partial charge in [0.2, 0.25) is 53.2 Å². The molecule has 0 radical (unpaired) electrons. The van der Waals surface area contributed by atoms with E-state index >= 15 is 24.0 Å². The molecule has 8 aromatic rings. The molecular weight excluding hydrogens is 1560 g/mol. The minimum atomic E-state index is -1.54. The number of carbonyl (C=O) groups excluding carboxylic acids is 9. The number of rotatable bonds is 21. The fourth-order valence-corrected chi connectivity index (χ4v) is 15.1. The van der Waals surface area contributed by atoms with E-state index in [4.69, 9.17) is 9.47 Å². The van der Waals surface area contributed by atoms with Crippen molar-refractivity contribution < 1.29 is 82.6 Å². The van der Waals surface area contributed by atoms with Crippen LogP contribution in [-0.4, -0.2) is 232 Å². The van der Waals surface area contributed by atoms with Gasteiger partial charge in [-0.3, -0.25) is 47.9 Å². The Balaban J connectivity index is 0.946. The van der Waals surface area contributed by atoms with E-state index in [1.807, 2.05) is 78.9 Å². The van der Waals surface area contributed by atoms with Gasteiger partial charge >= 0.3 is 11.9 Å². The number of nitrogens with one attached hydrogen (secondary N) is 9. The Bertz CT molecular complexity index is 5050. The molecule has 0 spiro atoms. The molecule has 13 N–H and O–H groups in total. The van der Waals surface area contributed by atoms with E-state index in [-0.39, 0.29) is 84.2 Å². The third-order valence-electron chi connectivity index (χ3n) is 22.3. The van der Waals surface area contributed by atoms with Crippen LogP contribution < -0.4 is 57.3 Å². The molecule has 0 saturated carbocycles. The van der Waals surface area contributed by atoms with E-state index < -0.39 is 167 Å². The Morgan fingerprint density at radius 1 is 0.529 bits per heavy atom. The Morgan fingerprint density at radius 3 is 1.35 bits per heavy atom. The monoisotopic (exact) mass is 1660 g/mol. The summed E-state index contributed by atoms with van der Waals surface area (Å²) in [5.74, 6) is -8.03. The SMILES string of the molecule is CN[C@@H](C)C(=O)N[C@H](C(=O)N1C[C@@H]2C[C@H]1C(=O)N[C@@H](Cc1ccc3ccccc3c1)C(=O)N[C@H](C(=O)O)Cc1ccc(cc1)OCc1cn(nn1)[C@H]1C[C@@H](C(=O)N[C@@H](Cc3ccc4ccccc4c3)C(=O)N[C@H](C(=O)NCC[C@@H](O)C[C@@H](O)CC(=O)O)Cc3ccc(cc3)OCc3cn2nn3)N(C(=O)[C@@H](NC(=O)[C@H](C)NC)C(C)(C)C)C1)C(C)(C)C. The van der Waals surface area contributed by atoms with Gasteiger partial charge in [0.15, 0.2) is 0 Å². The zero-order chi connectivity index (χ0) is 87.1. The zero-order valence-electron chi connectivity index (χ0n) is 69.5. The standard InChI is InChI=1S/C87H109N17O17/c1-49(88-9)76(109)95-74(86(3,4)5)83(116)101-45-61-39-71(101)81(114)92-68(37-53-19-25-55-15-11-13-17-57(55)33-53)79(112)91-67(78(111)90-32-31-63(105)41-64(106)42-73(107)108)35-51-21-27-65(28-22-51)120-47-59-43-104(99-97-59)62-40-72(102(46-62)84(117)75(87(6,7)8)96-77(110)50(2)89-10)82(115)93-69(38-54-20-26-56-16-12-14-18-58(56)34-54)80(113)94-70(85(118)119)36-52-23-29-66(30-24-52)121-48-60-44-103(61)100-98-60/h11-30,33-34,43-44,49-50,61-64,67-72,74-75,88-89,105-106H,31-32,35-42,45-48H2,1-10H3,(H,90,111)(H,91,112)(H,92,114)(H,93,115)(H,94,113)(H,95,109)(H,96,110)(H,107,108)(H,118,119)/t49-,50-,61-,62-,63+,64+,67-,68-,69-,70-,71-,72-,74+,75+/m0/s1. The van der Waals surface area contributed by atoms with Crippen LogP contribution in [0, 0.1) is 10.8 Å². The summed E-state index contributed by atoms with van der Waals surface area (Å²) in [6.07, 6.45) is -1.24. The molecule has 2 aromatic heterocycles. The number of aliphatic hydroxyl groups is 2. The number of likely N-dealkylation sites (tertiary alicyclic amines) is 2. The Labute approximate surface area is 700 Å². The number of likely N-dealkylation sites (N-methyl/N-ethyl adjacent to an activating group) is 2. The number of aliphatic carboxylic acids is 2. The van der Waals surface area contributed by atoms with Crippen molar-refractivity contribution in [1.29, 1.82) is 0 Å². The molecule has 14 rings (SSSR count). The molecule has 2 saturated heterocycles. The molecule has 2 fully saturated rings. The van der Waals surface area contributed by atoms with Crippen molar-refractivity contribution in [3.8, 4) is 11.5 Å². The number of hydrogen-bond donors (Lipinski definition) is 13. The van der Waals surface area contributed by atoms with Crippen LogP contribution >= 0.6 is 0 Å². The van der Waals surface area contributed by atoms with E-state index in [0.29, 0.717) is 45.1 Å². The zero-order valence-corrected chi connectivity index (χ0v) is 69.5. The normalized spacial score (nSPS) is 21.3. The second-order valence-corrected chi connectivity index (χ2v) is 33.7. The highest BCUT2D eigenvalue weighted by atomic mass is 16.5. The van der Waals surface area contributed by atoms with Crippen molar-refractivity contribution >= 4 is 86.6 Å². The number of aromatic nitrogens is 6. The number of carboxylic acid groups (broad SMARTS) is 2. The molecule has 0 unspecified atom stereocenters. The average Bonchev–Trinajstić information content (AvgIpc) is 1.65. The molecule has 6 aliphatic rings. The maximum atomic E-state index is 15.6. The van der Waals surface area contributed by atoms with Gasteiger partial charge in [-0.05, 0) is 120 Å². The second-order valence-electron chi connectivity index (χ2n) is 33.7. The third kappa shape index (κ3) is 23.6. The first-order valence-electron chi connectivity index (χ1n) is 40.6. The number of hydrogen-bond acceptors (Lipinski definition) is 21. The molecule has 644 valence electrons. The number of carboxylic acids is 2. The highest BCUT2D eigenvalue weighted by Crippen LogP contribution is 2.35. The molecule has 12 bridgehead atoms. The van der Waals surface area contributed by atoms with Crippen LogP contribution in [0.5, 0.6) is 11.5 Å². The number of aliphatic hydroxyl groups excluding tert-OH is 2. The maximum Gasteiger partial charge on any atom is 0.326 e. The maximum absolute atomic E-state index is 15.6. The highest BCUT2D eigenvalue weighted by molar-refractivity contribution is 5.99. The second kappa shape index (κ2) is 39.7. The topological polar surface area (TPSA) is 463 Å². The van der Waals surface area contributed by atoms with Crippen LogP contribution in [0.15, 0.2) is 146 Å². The fraction of sp³-hybridized carbons (Fsp3) is 0.460. The Kier molecular flexibility index (Phi) is 29.4. The van der Waals surface area contributed by atoms with Gasteiger partial charge in [0.1, 0.15) is 84.4 Å². The third-order valence-corrected chi connectivity index (χ3v) is 22.3. The summed E-state index contributed by atoms with van der Waals surface area (Å²) in [5, 5.41) is 88.3. The minimum absolute atomic E-state index is 0.0669. The number of carbonyl (C=O) groups is 11. The first-order valence-corrected chi connectivity index (χ1v) is 40.6. The Morgan fingerprint density at radius 2 is 0.942 bits per heavy atom. The van der Waals surface area contributed by atoms with Gasteiger partial charge in [-0.1, -0.05) is 161 Å². The van der Waals surface area contributed by atoms with Crippen LogP contribution in [0.4, 0.5) is 0 Å². The van der Waals surface area contributed by atoms with Gasteiger partial charge < -0.3 is 87.6 Å². The summed E-state index contributed by atoms with van der Waals surface area (Å²) in [4.78, 5) is 162. The summed E-state index contributed by atoms with van der Waals surface area (Å²) in [6.45, 7) is 13.2. The van der Waals surface area contributed by atoms with Gasteiger partial charge in [-0.25, -0.2) is 14.2 Å². The molecule has 6 aromatic carbocycles. The molecule has 0 aliphatic carbocycles. The van der Waals surface area contributed by atoms with Gasteiger partial charge in [-0.2, -0.15) is 0 Å². The highest BCUT2D eigenvalue weighted by Gasteiger charge is 2.49. The van der Waals surface area contributed by atoms with Crippen molar-refractivity contribution in [3.05, 3.63) is 179 Å². The fourth-order valence-electron chi connectivity index (χ4n) is 15.1. The molecule has 121 heavy (non-hydrogen) atoms. The lowest BCUT2D eigenvalue weighted by atomic mass is 9.85. The van der Waals surface area contributed by atoms with Gasteiger partial charge in [0, 0.05) is 58.2 Å². The summed E-state index contributed by atoms with van der Waals surface area (Å²) in [5.41, 5.74) is 1.01. The summed E-state index contributed by atoms with van der Waals surface area (Å²) in [7, 11) is 3.20. The summed E-state index contributed by atoms with van der Waals surface area (Å²) in [6, 6.07) is 25.6. The molecule has 34 nitrogen and oxygen atoms in total. The first-order chi connectivity index (χ1) is 57.6. The lowest BCUT2D eigenvalue weighted by Crippen LogP contribution is -2.61. The van der Waals surface area contributed by atoms with Gasteiger partial charge in [-0.15, -0.1) is 10.2 Å². The van der Waals surface area contributed by atoms with E-state index in [1.165, 1.54) is 19.2 Å².